The number of piperazine rings is 1. The van der Waals surface area contributed by atoms with Gasteiger partial charge in [0.1, 0.15) is 5.60 Å². The topological polar surface area (TPSA) is 60.4 Å². The van der Waals surface area contributed by atoms with E-state index in [1.165, 1.54) is 45.3 Å². The Morgan fingerprint density at radius 1 is 1.19 bits per heavy atom. The molecule has 0 aromatic rings. The van der Waals surface area contributed by atoms with E-state index in [9.17, 15) is 4.79 Å². The fraction of sp³-hybridized carbons (Fsp3) is 0.895. The lowest BCUT2D eigenvalue weighted by atomic mass is 10.2. The van der Waals surface area contributed by atoms with Crippen LogP contribution in [0.25, 0.3) is 0 Å². The molecule has 7 nitrogen and oxygen atoms in total. The molecule has 1 N–H and O–H groups in total. The van der Waals surface area contributed by atoms with E-state index in [0.717, 1.165) is 25.6 Å². The number of hydrogen-bond acceptors (Lipinski definition) is 6. The van der Waals surface area contributed by atoms with Crippen LogP contribution in [-0.4, -0.2) is 90.8 Å². The number of likely N-dealkylation sites (tertiary alicyclic amines) is 1. The van der Waals surface area contributed by atoms with Crippen molar-refractivity contribution >= 4 is 12.1 Å². The van der Waals surface area contributed by atoms with Crippen molar-refractivity contribution in [1.82, 2.24) is 20.0 Å². The van der Waals surface area contributed by atoms with E-state index in [-0.39, 0.29) is 12.1 Å². The zero-order valence-corrected chi connectivity index (χ0v) is 16.7. The lowest BCUT2D eigenvalue weighted by Crippen LogP contribution is -2.57. The highest BCUT2D eigenvalue weighted by Crippen LogP contribution is 2.18. The first-order chi connectivity index (χ1) is 12.4. The average molecular weight is 366 g/mol. The summed E-state index contributed by atoms with van der Waals surface area (Å²) in [5.74, 6) is 1.01. The Kier molecular flexibility index (Phi) is 6.27. The van der Waals surface area contributed by atoms with E-state index < -0.39 is 5.60 Å². The van der Waals surface area contributed by atoms with Crippen LogP contribution in [0.2, 0.25) is 0 Å². The maximum Gasteiger partial charge on any atom is 0.410 e. The van der Waals surface area contributed by atoms with Gasteiger partial charge in [-0.25, -0.2) is 4.79 Å². The number of carbonyl (C=O) groups excluding carboxylic acids is 1. The van der Waals surface area contributed by atoms with Gasteiger partial charge in [0, 0.05) is 26.2 Å². The van der Waals surface area contributed by atoms with Crippen molar-refractivity contribution in [2.24, 2.45) is 4.99 Å². The minimum atomic E-state index is -0.442. The van der Waals surface area contributed by atoms with Gasteiger partial charge in [-0.05, 0) is 66.1 Å². The Labute approximate surface area is 157 Å². The molecule has 0 saturated carbocycles. The zero-order valence-electron chi connectivity index (χ0n) is 16.7. The first-order valence-corrected chi connectivity index (χ1v) is 10.2. The number of ether oxygens (including phenoxy) is 1. The second kappa shape index (κ2) is 8.46. The molecule has 7 heteroatoms. The largest absolute Gasteiger partial charge is 0.444 e. The number of aliphatic imine (C=N–C) groups is 1. The van der Waals surface area contributed by atoms with Crippen molar-refractivity contribution < 1.29 is 9.53 Å². The number of rotatable bonds is 5. The molecule has 1 unspecified atom stereocenters. The number of nitrogens with one attached hydrogen (secondary N) is 1. The number of carbonyl (C=O) groups is 1. The van der Waals surface area contributed by atoms with Gasteiger partial charge in [-0.1, -0.05) is 0 Å². The standard InChI is InChI=1S/C19H35N5O2/c1-19(2,3)26-18(25)23-12-13-24-16(15-23)14-21-17(24)20-8-4-5-9-22-10-6-7-11-22/h16H,4-15H2,1-3H3,(H,20,21). The van der Waals surface area contributed by atoms with Crippen LogP contribution in [-0.2, 0) is 4.74 Å². The summed E-state index contributed by atoms with van der Waals surface area (Å²) >= 11 is 0. The predicted molar refractivity (Wildman–Crippen MR) is 104 cm³/mol. The molecule has 26 heavy (non-hydrogen) atoms. The van der Waals surface area contributed by atoms with Crippen molar-refractivity contribution in [3.63, 3.8) is 0 Å². The third kappa shape index (κ3) is 5.25. The lowest BCUT2D eigenvalue weighted by molar-refractivity contribution is 0.0137. The van der Waals surface area contributed by atoms with Gasteiger partial charge >= 0.3 is 6.09 Å². The molecule has 0 bridgehead atoms. The fourth-order valence-corrected chi connectivity index (χ4v) is 3.89. The van der Waals surface area contributed by atoms with Crippen molar-refractivity contribution in [3.05, 3.63) is 0 Å². The summed E-state index contributed by atoms with van der Waals surface area (Å²) in [5, 5.41) is 3.51. The Morgan fingerprint density at radius 3 is 2.69 bits per heavy atom. The van der Waals surface area contributed by atoms with Crippen LogP contribution in [0, 0.1) is 0 Å². The predicted octanol–water partition coefficient (Wildman–Crippen LogP) is 1.74. The first-order valence-electron chi connectivity index (χ1n) is 10.2. The lowest BCUT2D eigenvalue weighted by Gasteiger charge is -2.39. The smallest absolute Gasteiger partial charge is 0.410 e. The third-order valence-electron chi connectivity index (χ3n) is 5.24. The number of fused-ring (bicyclic) bond motifs is 1. The van der Waals surface area contributed by atoms with Gasteiger partial charge in [-0.15, -0.1) is 0 Å². The molecule has 0 aromatic heterocycles. The van der Waals surface area contributed by atoms with Crippen LogP contribution < -0.4 is 5.32 Å². The Morgan fingerprint density at radius 2 is 1.96 bits per heavy atom. The van der Waals surface area contributed by atoms with Gasteiger partial charge in [-0.3, -0.25) is 4.99 Å². The molecular weight excluding hydrogens is 330 g/mol. The van der Waals surface area contributed by atoms with Crippen LogP contribution >= 0.6 is 0 Å². The maximum atomic E-state index is 12.3. The molecular formula is C19H35N5O2. The molecule has 148 valence electrons. The normalized spacial score (nSPS) is 23.8. The molecule has 1 amide bonds. The van der Waals surface area contributed by atoms with Gasteiger partial charge in [0.2, 0.25) is 0 Å². The van der Waals surface area contributed by atoms with Gasteiger partial charge in [-0.2, -0.15) is 0 Å². The number of hydrogen-bond donors (Lipinski definition) is 1. The van der Waals surface area contributed by atoms with E-state index in [1.54, 1.807) is 0 Å². The molecule has 2 saturated heterocycles. The fourth-order valence-electron chi connectivity index (χ4n) is 3.89. The van der Waals surface area contributed by atoms with E-state index in [1.807, 2.05) is 25.7 Å². The van der Waals surface area contributed by atoms with E-state index >= 15 is 0 Å². The number of guanidine groups is 1. The first kappa shape index (κ1) is 19.3. The quantitative estimate of drug-likeness (QED) is 0.752. The molecule has 0 aliphatic carbocycles. The molecule has 0 aromatic carbocycles. The summed E-state index contributed by atoms with van der Waals surface area (Å²) in [6.07, 6.45) is 4.95. The van der Waals surface area contributed by atoms with E-state index in [2.05, 4.69) is 20.1 Å². The van der Waals surface area contributed by atoms with Gasteiger partial charge in [0.15, 0.2) is 5.96 Å². The molecule has 3 aliphatic heterocycles. The molecule has 3 heterocycles. The maximum absolute atomic E-state index is 12.3. The van der Waals surface area contributed by atoms with Crippen LogP contribution in [0.4, 0.5) is 4.79 Å². The second-order valence-electron chi connectivity index (χ2n) is 8.62. The minimum absolute atomic E-state index is 0.208. The molecule has 3 rings (SSSR count). The average Bonchev–Trinajstić information content (AvgIpc) is 3.22. The summed E-state index contributed by atoms with van der Waals surface area (Å²) in [4.78, 5) is 23.6. The highest BCUT2D eigenvalue weighted by Gasteiger charge is 2.36. The molecule has 0 spiro atoms. The Bertz CT molecular complexity index is 511. The molecule has 2 fully saturated rings. The van der Waals surface area contributed by atoms with Crippen molar-refractivity contribution in [2.45, 2.75) is 58.1 Å². The highest BCUT2D eigenvalue weighted by molar-refractivity contribution is 5.82. The number of unbranched alkanes of at least 4 members (excludes halogenated alkanes) is 1. The Hall–Kier alpha value is -1.50. The number of nitrogens with zero attached hydrogens (tertiary/aromatic N) is 4. The molecule has 1 atom stereocenters. The van der Waals surface area contributed by atoms with E-state index in [0.29, 0.717) is 13.1 Å². The minimum Gasteiger partial charge on any atom is -0.444 e. The van der Waals surface area contributed by atoms with Crippen molar-refractivity contribution in [2.75, 3.05) is 52.4 Å². The highest BCUT2D eigenvalue weighted by atomic mass is 16.6. The Balaban J connectivity index is 1.35. The second-order valence-corrected chi connectivity index (χ2v) is 8.62. The summed E-state index contributed by atoms with van der Waals surface area (Å²) < 4.78 is 5.50. The third-order valence-corrected chi connectivity index (χ3v) is 5.24. The van der Waals surface area contributed by atoms with Crippen molar-refractivity contribution in [3.8, 4) is 0 Å². The zero-order chi connectivity index (χ0) is 18.6. The van der Waals surface area contributed by atoms with Gasteiger partial charge in [0.25, 0.3) is 0 Å². The molecule has 3 aliphatic rings. The van der Waals surface area contributed by atoms with Crippen LogP contribution in [0.5, 0.6) is 0 Å². The monoisotopic (exact) mass is 365 g/mol. The van der Waals surface area contributed by atoms with Crippen LogP contribution in [0.1, 0.15) is 46.5 Å². The van der Waals surface area contributed by atoms with Crippen LogP contribution in [0.15, 0.2) is 4.99 Å². The summed E-state index contributed by atoms with van der Waals surface area (Å²) in [6, 6.07) is 0.281. The summed E-state index contributed by atoms with van der Waals surface area (Å²) in [6.45, 7) is 13.5. The van der Waals surface area contributed by atoms with Gasteiger partial charge in [0.05, 0.1) is 12.6 Å². The SMILES string of the molecule is CC(C)(C)OC(=O)N1CCN2C(NCCCCN3CCCC3)=NCC2C1. The number of amides is 1. The van der Waals surface area contributed by atoms with Gasteiger partial charge < -0.3 is 24.8 Å². The summed E-state index contributed by atoms with van der Waals surface area (Å²) in [5.41, 5.74) is -0.442. The van der Waals surface area contributed by atoms with Crippen LogP contribution in [0.3, 0.4) is 0 Å². The van der Waals surface area contributed by atoms with Crippen molar-refractivity contribution in [1.29, 1.82) is 0 Å². The van der Waals surface area contributed by atoms with E-state index in [4.69, 9.17) is 4.74 Å². The molecule has 0 radical (unpaired) electrons. The summed E-state index contributed by atoms with van der Waals surface area (Å²) in [7, 11) is 0.